The summed E-state index contributed by atoms with van der Waals surface area (Å²) < 4.78 is 0. The van der Waals surface area contributed by atoms with Crippen LogP contribution in [0.15, 0.2) is 35.9 Å². The molecule has 0 unspecified atom stereocenters. The Morgan fingerprint density at radius 1 is 1.47 bits per heavy atom. The van der Waals surface area contributed by atoms with Crippen LogP contribution in [0.5, 0.6) is 0 Å². The van der Waals surface area contributed by atoms with Gasteiger partial charge in [0.1, 0.15) is 6.29 Å². The summed E-state index contributed by atoms with van der Waals surface area (Å²) in [5, 5.41) is 0.894. The highest BCUT2D eigenvalue weighted by molar-refractivity contribution is 8.03. The number of anilines is 1. The van der Waals surface area contributed by atoms with Gasteiger partial charge in [-0.15, -0.1) is 11.8 Å². The molecule has 0 bridgehead atoms. The fourth-order valence-electron chi connectivity index (χ4n) is 1.64. The van der Waals surface area contributed by atoms with E-state index >= 15 is 0 Å². The fourth-order valence-corrected chi connectivity index (χ4v) is 2.20. The van der Waals surface area contributed by atoms with Gasteiger partial charge in [-0.1, -0.05) is 38.6 Å². The Bertz CT molecular complexity index is 401. The van der Waals surface area contributed by atoms with Crippen molar-refractivity contribution in [2.24, 2.45) is 0 Å². The van der Waals surface area contributed by atoms with Crippen molar-refractivity contribution in [1.82, 2.24) is 0 Å². The van der Waals surface area contributed by atoms with E-state index < -0.39 is 0 Å². The summed E-state index contributed by atoms with van der Waals surface area (Å²) in [5.74, 6) is 0.921. The minimum Gasteiger partial charge on any atom is -0.340 e. The van der Waals surface area contributed by atoms with Crippen LogP contribution in [0.1, 0.15) is 25.3 Å². The Balaban J connectivity index is 2.91. The Kier molecular flexibility index (Phi) is 5.29. The van der Waals surface area contributed by atoms with Crippen LogP contribution < -0.4 is 4.90 Å². The van der Waals surface area contributed by atoms with E-state index in [2.05, 4.69) is 32.6 Å². The van der Waals surface area contributed by atoms with Gasteiger partial charge in [-0.3, -0.25) is 0 Å². The monoisotopic (exact) mass is 249 g/mol. The van der Waals surface area contributed by atoms with Gasteiger partial charge < -0.3 is 9.69 Å². The third kappa shape index (κ3) is 3.63. The first-order valence-corrected chi connectivity index (χ1v) is 6.64. The number of hydrogen-bond acceptors (Lipinski definition) is 3. The first-order chi connectivity index (χ1) is 8.07. The molecule has 0 aliphatic carbocycles. The molecule has 1 aromatic carbocycles. The summed E-state index contributed by atoms with van der Waals surface area (Å²) in [7, 11) is 1.99. The molecule has 0 atom stereocenters. The minimum absolute atomic E-state index is 0.451. The highest BCUT2D eigenvalue weighted by Crippen LogP contribution is 2.30. The molecule has 0 saturated carbocycles. The summed E-state index contributed by atoms with van der Waals surface area (Å²) in [6.07, 6.45) is 0.901. The largest absolute Gasteiger partial charge is 0.340 e. The highest BCUT2D eigenvalue weighted by atomic mass is 32.2. The van der Waals surface area contributed by atoms with Gasteiger partial charge >= 0.3 is 0 Å². The molecule has 0 aliphatic heterocycles. The van der Waals surface area contributed by atoms with Gasteiger partial charge in [0, 0.05) is 12.7 Å². The van der Waals surface area contributed by atoms with Crippen LogP contribution in [0.4, 0.5) is 5.69 Å². The molecule has 0 radical (unpaired) electrons. The zero-order valence-corrected chi connectivity index (χ0v) is 11.5. The molecule has 2 nitrogen and oxygen atoms in total. The second kappa shape index (κ2) is 6.50. The summed E-state index contributed by atoms with van der Waals surface area (Å²) in [4.78, 5) is 12.4. The van der Waals surface area contributed by atoms with Gasteiger partial charge in [-0.2, -0.15) is 0 Å². The number of aldehydes is 1. The van der Waals surface area contributed by atoms with Crippen molar-refractivity contribution in [1.29, 1.82) is 0 Å². The number of carbonyl (C=O) groups is 1. The number of para-hydroxylation sites is 1. The number of nitrogens with zero attached hydrogens (tertiary/aromatic N) is 1. The Morgan fingerprint density at radius 2 is 2.12 bits per heavy atom. The molecule has 0 amide bonds. The molecule has 0 heterocycles. The molecule has 0 aliphatic rings. The van der Waals surface area contributed by atoms with Crippen LogP contribution in [0.2, 0.25) is 0 Å². The maximum Gasteiger partial charge on any atom is 0.130 e. The van der Waals surface area contributed by atoms with Crippen molar-refractivity contribution < 1.29 is 4.79 Å². The topological polar surface area (TPSA) is 20.3 Å². The number of hydrogen-bond donors (Lipinski definition) is 0. The SMILES string of the molecule is C=C(SCC=O)N(C)c1ccccc1C(C)C. The number of rotatable bonds is 6. The summed E-state index contributed by atoms with van der Waals surface area (Å²) in [5.41, 5.74) is 2.45. The summed E-state index contributed by atoms with van der Waals surface area (Å²) in [6, 6.07) is 8.29. The maximum atomic E-state index is 10.4. The van der Waals surface area contributed by atoms with Crippen LogP contribution in [-0.2, 0) is 4.79 Å². The molecule has 0 aromatic heterocycles. The molecule has 17 heavy (non-hydrogen) atoms. The lowest BCUT2D eigenvalue weighted by atomic mass is 10.0. The molecule has 0 spiro atoms. The molecule has 1 aromatic rings. The lowest BCUT2D eigenvalue weighted by Gasteiger charge is -2.25. The second-order valence-corrected chi connectivity index (χ2v) is 5.24. The van der Waals surface area contributed by atoms with Crippen molar-refractivity contribution in [2.45, 2.75) is 19.8 Å². The van der Waals surface area contributed by atoms with E-state index in [1.165, 1.54) is 17.3 Å². The van der Waals surface area contributed by atoms with Gasteiger partial charge in [0.05, 0.1) is 10.8 Å². The Morgan fingerprint density at radius 3 is 2.71 bits per heavy atom. The van der Waals surface area contributed by atoms with Crippen LogP contribution in [-0.4, -0.2) is 19.1 Å². The number of thioether (sulfide) groups is 1. The lowest BCUT2D eigenvalue weighted by Crippen LogP contribution is -2.16. The lowest BCUT2D eigenvalue weighted by molar-refractivity contribution is -0.105. The molecule has 1 rings (SSSR count). The average molecular weight is 249 g/mol. The zero-order chi connectivity index (χ0) is 12.8. The molecule has 0 N–H and O–H groups in total. The van der Waals surface area contributed by atoms with Crippen LogP contribution in [0.3, 0.4) is 0 Å². The summed E-state index contributed by atoms with van der Waals surface area (Å²) >= 11 is 1.46. The Hall–Kier alpha value is -1.22. The third-order valence-electron chi connectivity index (χ3n) is 2.61. The van der Waals surface area contributed by atoms with Crippen molar-refractivity contribution in [3.8, 4) is 0 Å². The Labute approximate surface area is 108 Å². The van der Waals surface area contributed by atoms with Crippen molar-refractivity contribution in [2.75, 3.05) is 17.7 Å². The smallest absolute Gasteiger partial charge is 0.130 e. The first-order valence-electron chi connectivity index (χ1n) is 5.66. The van der Waals surface area contributed by atoms with Gasteiger partial charge in [-0.05, 0) is 17.5 Å². The molecule has 3 heteroatoms. The van der Waals surface area contributed by atoms with E-state index in [-0.39, 0.29) is 0 Å². The average Bonchev–Trinajstić information content (AvgIpc) is 2.34. The molecule has 0 saturated heterocycles. The number of benzene rings is 1. The number of carbonyl (C=O) groups excluding carboxylic acids is 1. The zero-order valence-electron chi connectivity index (χ0n) is 10.6. The van der Waals surface area contributed by atoms with Gasteiger partial charge in [0.15, 0.2) is 0 Å². The van der Waals surface area contributed by atoms with Gasteiger partial charge in [0.25, 0.3) is 0 Å². The second-order valence-electron chi connectivity index (χ2n) is 4.14. The van der Waals surface area contributed by atoms with Crippen molar-refractivity contribution in [3.63, 3.8) is 0 Å². The third-order valence-corrected chi connectivity index (χ3v) is 3.52. The van der Waals surface area contributed by atoms with E-state index in [1.807, 2.05) is 24.1 Å². The molecular formula is C14H19NOS. The van der Waals surface area contributed by atoms with E-state index in [4.69, 9.17) is 0 Å². The minimum atomic E-state index is 0.451. The van der Waals surface area contributed by atoms with E-state index in [0.717, 1.165) is 17.0 Å². The molecule has 0 fully saturated rings. The van der Waals surface area contributed by atoms with Crippen LogP contribution in [0.25, 0.3) is 0 Å². The quantitative estimate of drug-likeness (QED) is 0.718. The van der Waals surface area contributed by atoms with E-state index in [0.29, 0.717) is 11.7 Å². The summed E-state index contributed by atoms with van der Waals surface area (Å²) in [6.45, 7) is 8.35. The van der Waals surface area contributed by atoms with Crippen molar-refractivity contribution >= 4 is 23.7 Å². The fraction of sp³-hybridized carbons (Fsp3) is 0.357. The van der Waals surface area contributed by atoms with Gasteiger partial charge in [-0.25, -0.2) is 0 Å². The van der Waals surface area contributed by atoms with E-state index in [1.54, 1.807) is 0 Å². The predicted octanol–water partition coefficient (Wildman–Crippen LogP) is 3.65. The predicted molar refractivity (Wildman–Crippen MR) is 76.6 cm³/mol. The standard InChI is InChI=1S/C14H19NOS/c1-11(2)13-7-5-6-8-14(13)15(4)12(3)17-10-9-16/h5-9,11H,3,10H2,1-2,4H3. The highest BCUT2D eigenvalue weighted by Gasteiger charge is 2.11. The molecule has 92 valence electrons. The van der Waals surface area contributed by atoms with Crippen LogP contribution >= 0.6 is 11.8 Å². The normalized spacial score (nSPS) is 10.4. The first kappa shape index (κ1) is 13.8. The van der Waals surface area contributed by atoms with Crippen LogP contribution in [0, 0.1) is 0 Å². The van der Waals surface area contributed by atoms with Crippen molar-refractivity contribution in [3.05, 3.63) is 41.4 Å². The maximum absolute atomic E-state index is 10.4. The molecular weight excluding hydrogens is 230 g/mol. The van der Waals surface area contributed by atoms with E-state index in [9.17, 15) is 4.79 Å². The van der Waals surface area contributed by atoms with Gasteiger partial charge in [0.2, 0.25) is 0 Å².